The van der Waals surface area contributed by atoms with Crippen molar-refractivity contribution >= 4 is 29.6 Å². The summed E-state index contributed by atoms with van der Waals surface area (Å²) < 4.78 is 6.88. The molecule has 2 rings (SSSR count). The van der Waals surface area contributed by atoms with Crippen LogP contribution in [0, 0.1) is 11.8 Å². The topological polar surface area (TPSA) is 31.2 Å². The lowest BCUT2D eigenvalue weighted by molar-refractivity contribution is 0.0544. The Bertz CT molecular complexity index is 699. The molecule has 0 radical (unpaired) electrons. The molecule has 0 aliphatic heterocycles. The molecule has 0 bridgehead atoms. The minimum absolute atomic E-state index is 0.373. The average molecular weight is 287 g/mol. The van der Waals surface area contributed by atoms with Crippen LogP contribution in [0.1, 0.15) is 26.3 Å². The summed E-state index contributed by atoms with van der Waals surface area (Å²) in [6.45, 7) is 5.55. The van der Waals surface area contributed by atoms with Crippen LogP contribution in [-0.2, 0) is 4.74 Å². The van der Waals surface area contributed by atoms with E-state index in [1.807, 2.05) is 45.0 Å². The van der Waals surface area contributed by atoms with E-state index >= 15 is 0 Å². The van der Waals surface area contributed by atoms with E-state index in [2.05, 4.69) is 24.5 Å². The quantitative estimate of drug-likeness (QED) is 0.591. The monoisotopic (exact) mass is 287 g/mol. The summed E-state index contributed by atoms with van der Waals surface area (Å²) in [6.07, 6.45) is 1.34. The number of rotatable bonds is 0. The molecule has 0 aliphatic carbocycles. The lowest BCUT2D eigenvalue weighted by atomic mass is 10.1. The van der Waals surface area contributed by atoms with Gasteiger partial charge in [0.05, 0.1) is 11.3 Å². The number of thiol groups is 1. The van der Waals surface area contributed by atoms with Crippen molar-refractivity contribution in [1.29, 1.82) is 0 Å². The van der Waals surface area contributed by atoms with E-state index in [1.165, 1.54) is 4.57 Å². The zero-order valence-electron chi connectivity index (χ0n) is 11.8. The molecule has 3 nitrogen and oxygen atoms in total. The molecule has 104 valence electrons. The molecular weight excluding hydrogens is 270 g/mol. The molecule has 2 aromatic rings. The zero-order chi connectivity index (χ0) is 14.8. The van der Waals surface area contributed by atoms with E-state index in [1.54, 1.807) is 6.20 Å². The molecular formula is C16H17NO2S. The van der Waals surface area contributed by atoms with Gasteiger partial charge in [-0.3, -0.25) is 4.57 Å². The summed E-state index contributed by atoms with van der Waals surface area (Å²) in [4.78, 5) is 12.1. The zero-order valence-corrected chi connectivity index (χ0v) is 12.7. The van der Waals surface area contributed by atoms with Gasteiger partial charge < -0.3 is 4.74 Å². The van der Waals surface area contributed by atoms with E-state index in [-0.39, 0.29) is 6.09 Å². The fourth-order valence-electron chi connectivity index (χ4n) is 1.83. The van der Waals surface area contributed by atoms with Crippen molar-refractivity contribution in [3.05, 3.63) is 36.0 Å². The number of aromatic nitrogens is 1. The Morgan fingerprint density at radius 2 is 2.10 bits per heavy atom. The lowest BCUT2D eigenvalue weighted by Gasteiger charge is -2.19. The van der Waals surface area contributed by atoms with Crippen molar-refractivity contribution in [1.82, 2.24) is 4.57 Å². The van der Waals surface area contributed by atoms with Crippen LogP contribution in [0.15, 0.2) is 30.5 Å². The number of benzene rings is 1. The molecule has 0 aliphatic rings. The number of nitrogens with zero attached hydrogens (tertiary/aromatic N) is 1. The van der Waals surface area contributed by atoms with Crippen molar-refractivity contribution in [2.24, 2.45) is 0 Å². The first-order valence-corrected chi connectivity index (χ1v) is 6.98. The van der Waals surface area contributed by atoms with Gasteiger partial charge >= 0.3 is 6.09 Å². The van der Waals surface area contributed by atoms with Crippen LogP contribution in [0.4, 0.5) is 4.79 Å². The third-order valence-electron chi connectivity index (χ3n) is 2.59. The Hall–Kier alpha value is -1.86. The van der Waals surface area contributed by atoms with E-state index in [0.29, 0.717) is 5.75 Å². The summed E-state index contributed by atoms with van der Waals surface area (Å²) in [5.41, 5.74) is 1.22. The van der Waals surface area contributed by atoms with Crippen molar-refractivity contribution < 1.29 is 9.53 Å². The van der Waals surface area contributed by atoms with Crippen molar-refractivity contribution in [2.45, 2.75) is 26.4 Å². The third-order valence-corrected chi connectivity index (χ3v) is 2.75. The van der Waals surface area contributed by atoms with Gasteiger partial charge in [-0.15, -0.1) is 0 Å². The maximum Gasteiger partial charge on any atom is 0.418 e. The second-order valence-corrected chi connectivity index (χ2v) is 5.72. The molecule has 1 aromatic heterocycles. The number of fused-ring (bicyclic) bond motifs is 1. The summed E-state index contributed by atoms with van der Waals surface area (Å²) >= 11 is 4.06. The summed E-state index contributed by atoms with van der Waals surface area (Å²) in [5.74, 6) is 6.44. The van der Waals surface area contributed by atoms with E-state index in [0.717, 1.165) is 16.5 Å². The average Bonchev–Trinajstić information content (AvgIpc) is 2.77. The Labute approximate surface area is 124 Å². The minimum atomic E-state index is -0.508. The van der Waals surface area contributed by atoms with Gasteiger partial charge in [-0.25, -0.2) is 4.79 Å². The van der Waals surface area contributed by atoms with Crippen LogP contribution in [0.5, 0.6) is 0 Å². The highest BCUT2D eigenvalue weighted by Gasteiger charge is 2.18. The van der Waals surface area contributed by atoms with Crippen molar-refractivity contribution in [3.63, 3.8) is 0 Å². The van der Waals surface area contributed by atoms with Gasteiger partial charge in [-0.1, -0.05) is 11.8 Å². The van der Waals surface area contributed by atoms with Gasteiger partial charge in [-0.05, 0) is 45.0 Å². The minimum Gasteiger partial charge on any atom is -0.443 e. The summed E-state index contributed by atoms with van der Waals surface area (Å²) in [5, 5.41) is 0.960. The van der Waals surface area contributed by atoms with Gasteiger partial charge in [-0.2, -0.15) is 12.6 Å². The van der Waals surface area contributed by atoms with Crippen LogP contribution in [0.2, 0.25) is 0 Å². The Balaban J connectivity index is 2.36. The van der Waals surface area contributed by atoms with Crippen molar-refractivity contribution in [2.75, 3.05) is 5.75 Å². The Morgan fingerprint density at radius 1 is 1.35 bits per heavy atom. The standard InChI is InChI=1S/C16H17NO2S/c1-16(2,3)19-15(18)17-9-8-13-11-12(5-4-10-20)6-7-14(13)17/h6-9,11,20H,10H2,1-3H3. The first-order chi connectivity index (χ1) is 9.40. The molecule has 0 unspecified atom stereocenters. The second-order valence-electron chi connectivity index (χ2n) is 5.40. The molecule has 0 N–H and O–H groups in total. The highest BCUT2D eigenvalue weighted by Crippen LogP contribution is 2.19. The Kier molecular flexibility index (Phi) is 4.10. The summed E-state index contributed by atoms with van der Waals surface area (Å²) in [7, 11) is 0. The van der Waals surface area contributed by atoms with Crippen LogP contribution < -0.4 is 0 Å². The fourth-order valence-corrected chi connectivity index (χ4v) is 1.91. The normalized spacial score (nSPS) is 11.0. The molecule has 1 aromatic carbocycles. The van der Waals surface area contributed by atoms with Gasteiger partial charge in [0.1, 0.15) is 5.60 Å². The number of hydrogen-bond donors (Lipinski definition) is 1. The van der Waals surface area contributed by atoms with Crippen LogP contribution in [0.3, 0.4) is 0 Å². The second kappa shape index (κ2) is 5.64. The third kappa shape index (κ3) is 3.37. The largest absolute Gasteiger partial charge is 0.443 e. The van der Waals surface area contributed by atoms with Crippen LogP contribution in [0.25, 0.3) is 10.9 Å². The first kappa shape index (κ1) is 14.5. The predicted octanol–water partition coefficient (Wildman–Crippen LogP) is 3.71. The molecule has 0 atom stereocenters. The van der Waals surface area contributed by atoms with Gasteiger partial charge in [0.25, 0.3) is 0 Å². The molecule has 4 heteroatoms. The van der Waals surface area contributed by atoms with Crippen LogP contribution in [-0.4, -0.2) is 22.0 Å². The molecule has 0 spiro atoms. The first-order valence-electron chi connectivity index (χ1n) is 6.35. The summed E-state index contributed by atoms with van der Waals surface area (Å²) in [6, 6.07) is 7.60. The molecule has 0 saturated carbocycles. The van der Waals surface area contributed by atoms with Gasteiger partial charge in [0.15, 0.2) is 0 Å². The molecule has 0 amide bonds. The maximum absolute atomic E-state index is 12.1. The molecule has 0 fully saturated rings. The van der Waals surface area contributed by atoms with Crippen molar-refractivity contribution in [3.8, 4) is 11.8 Å². The highest BCUT2D eigenvalue weighted by atomic mass is 32.1. The Morgan fingerprint density at radius 3 is 2.75 bits per heavy atom. The number of ether oxygens (including phenoxy) is 1. The number of hydrogen-bond acceptors (Lipinski definition) is 3. The predicted molar refractivity (Wildman–Crippen MR) is 84.3 cm³/mol. The van der Waals surface area contributed by atoms with E-state index in [4.69, 9.17) is 4.74 Å². The lowest BCUT2D eigenvalue weighted by Crippen LogP contribution is -2.26. The van der Waals surface area contributed by atoms with E-state index in [9.17, 15) is 4.79 Å². The molecule has 1 heterocycles. The van der Waals surface area contributed by atoms with Gasteiger partial charge in [0, 0.05) is 17.1 Å². The molecule has 20 heavy (non-hydrogen) atoms. The SMILES string of the molecule is CC(C)(C)OC(=O)n1ccc2cc(C#CCS)ccc21. The van der Waals surface area contributed by atoms with E-state index < -0.39 is 5.60 Å². The number of carbonyl (C=O) groups is 1. The maximum atomic E-state index is 12.1. The fraction of sp³-hybridized carbons (Fsp3) is 0.312. The van der Waals surface area contributed by atoms with Crippen LogP contribution >= 0.6 is 12.6 Å². The number of carbonyl (C=O) groups excluding carboxylic acids is 1. The molecule has 0 saturated heterocycles. The smallest absolute Gasteiger partial charge is 0.418 e. The highest BCUT2D eigenvalue weighted by molar-refractivity contribution is 7.80. The van der Waals surface area contributed by atoms with Gasteiger partial charge in [0.2, 0.25) is 0 Å².